The van der Waals surface area contributed by atoms with Gasteiger partial charge in [0.2, 0.25) is 0 Å². The summed E-state index contributed by atoms with van der Waals surface area (Å²) in [5, 5.41) is 0. The van der Waals surface area contributed by atoms with E-state index in [9.17, 15) is 0 Å². The van der Waals surface area contributed by atoms with Crippen molar-refractivity contribution in [1.82, 2.24) is 9.97 Å². The van der Waals surface area contributed by atoms with E-state index in [0.29, 0.717) is 11.8 Å². The Balaban J connectivity index is 1.75. The Hall–Kier alpha value is -2.55. The fourth-order valence-corrected chi connectivity index (χ4v) is 3.76. The summed E-state index contributed by atoms with van der Waals surface area (Å²) in [5.74, 6) is 1.87. The fraction of sp³-hybridized carbons (Fsp3) is 0.250. The molecule has 0 amide bonds. The van der Waals surface area contributed by atoms with Gasteiger partial charge >= 0.3 is 0 Å². The van der Waals surface area contributed by atoms with Crippen molar-refractivity contribution in [2.75, 3.05) is 7.11 Å². The van der Waals surface area contributed by atoms with Crippen molar-refractivity contribution in [2.24, 2.45) is 0 Å². The minimum atomic E-state index is 0.436. The summed E-state index contributed by atoms with van der Waals surface area (Å²) >= 11 is 0. The van der Waals surface area contributed by atoms with Crippen LogP contribution in [0, 0.1) is 0 Å². The van der Waals surface area contributed by atoms with E-state index >= 15 is 0 Å². The number of ether oxygens (including phenoxy) is 1. The number of rotatable bonds is 4. The standard InChI is InChI=1S/C20H20N2O/c1-23-17-8-7-15-9-18(14-5-3-2-4-6-14)20(19(15)11-17)10-16-12-21-13-22-16/h2-8,11-13,18,20H,9-10H2,1H3,(H,21,22). The number of hydrogen-bond donors (Lipinski definition) is 1. The van der Waals surface area contributed by atoms with Crippen molar-refractivity contribution in [2.45, 2.75) is 24.7 Å². The highest BCUT2D eigenvalue weighted by Crippen LogP contribution is 2.46. The van der Waals surface area contributed by atoms with Crippen molar-refractivity contribution in [3.8, 4) is 5.75 Å². The molecule has 0 fully saturated rings. The zero-order valence-corrected chi connectivity index (χ0v) is 13.2. The molecule has 1 N–H and O–H groups in total. The fourth-order valence-electron chi connectivity index (χ4n) is 3.76. The molecule has 2 aromatic carbocycles. The zero-order chi connectivity index (χ0) is 15.6. The van der Waals surface area contributed by atoms with Crippen molar-refractivity contribution in [1.29, 1.82) is 0 Å². The molecule has 0 bridgehead atoms. The molecule has 0 saturated heterocycles. The van der Waals surface area contributed by atoms with Gasteiger partial charge in [-0.3, -0.25) is 0 Å². The maximum atomic E-state index is 5.44. The minimum absolute atomic E-state index is 0.436. The number of aromatic nitrogens is 2. The van der Waals surface area contributed by atoms with E-state index in [1.165, 1.54) is 16.7 Å². The Morgan fingerprint density at radius 2 is 2.04 bits per heavy atom. The second-order valence-electron chi connectivity index (χ2n) is 6.16. The van der Waals surface area contributed by atoms with Crippen molar-refractivity contribution in [3.63, 3.8) is 0 Å². The molecule has 3 heteroatoms. The molecule has 0 spiro atoms. The first-order valence-corrected chi connectivity index (χ1v) is 8.04. The summed E-state index contributed by atoms with van der Waals surface area (Å²) in [6, 6.07) is 17.3. The molecule has 1 aliphatic carbocycles. The van der Waals surface area contributed by atoms with Crippen LogP contribution in [0.1, 0.15) is 34.2 Å². The first-order chi connectivity index (χ1) is 11.3. The molecule has 1 aliphatic rings. The third-order valence-electron chi connectivity index (χ3n) is 4.89. The van der Waals surface area contributed by atoms with Crippen LogP contribution in [0.5, 0.6) is 5.75 Å². The summed E-state index contributed by atoms with van der Waals surface area (Å²) in [6.45, 7) is 0. The Bertz CT molecular complexity index is 781. The number of aromatic amines is 1. The molecule has 116 valence electrons. The lowest BCUT2D eigenvalue weighted by atomic mass is 9.84. The third-order valence-corrected chi connectivity index (χ3v) is 4.89. The van der Waals surface area contributed by atoms with Gasteiger partial charge in [-0.2, -0.15) is 0 Å². The monoisotopic (exact) mass is 304 g/mol. The van der Waals surface area contributed by atoms with Gasteiger partial charge in [0.1, 0.15) is 5.75 Å². The van der Waals surface area contributed by atoms with E-state index in [4.69, 9.17) is 4.74 Å². The number of fused-ring (bicyclic) bond motifs is 1. The second-order valence-corrected chi connectivity index (χ2v) is 6.16. The van der Waals surface area contributed by atoms with Gasteiger partial charge in [-0.1, -0.05) is 36.4 Å². The Kier molecular flexibility index (Phi) is 3.62. The van der Waals surface area contributed by atoms with Gasteiger partial charge in [-0.15, -0.1) is 0 Å². The molecular formula is C20H20N2O. The molecule has 2 unspecified atom stereocenters. The van der Waals surface area contributed by atoms with Gasteiger partial charge in [0.15, 0.2) is 0 Å². The molecule has 4 rings (SSSR count). The average molecular weight is 304 g/mol. The first kappa shape index (κ1) is 14.1. The highest BCUT2D eigenvalue weighted by molar-refractivity contribution is 5.46. The van der Waals surface area contributed by atoms with Crippen LogP contribution in [-0.4, -0.2) is 17.1 Å². The molecule has 3 nitrogen and oxygen atoms in total. The molecule has 0 radical (unpaired) electrons. The second kappa shape index (κ2) is 5.92. The van der Waals surface area contributed by atoms with Crippen LogP contribution in [0.3, 0.4) is 0 Å². The summed E-state index contributed by atoms with van der Waals surface area (Å²) in [6.07, 6.45) is 5.79. The van der Waals surface area contributed by atoms with Gasteiger partial charge in [0.25, 0.3) is 0 Å². The predicted octanol–water partition coefficient (Wildman–Crippen LogP) is 4.08. The van der Waals surface area contributed by atoms with Gasteiger partial charge in [-0.05, 0) is 53.5 Å². The smallest absolute Gasteiger partial charge is 0.119 e. The quantitative estimate of drug-likeness (QED) is 0.788. The molecule has 23 heavy (non-hydrogen) atoms. The van der Waals surface area contributed by atoms with E-state index in [1.807, 2.05) is 6.20 Å². The predicted molar refractivity (Wildman–Crippen MR) is 90.9 cm³/mol. The number of methoxy groups -OCH3 is 1. The maximum Gasteiger partial charge on any atom is 0.119 e. The lowest BCUT2D eigenvalue weighted by molar-refractivity contribution is 0.413. The highest BCUT2D eigenvalue weighted by atomic mass is 16.5. The largest absolute Gasteiger partial charge is 0.497 e. The van der Waals surface area contributed by atoms with Crippen LogP contribution in [0.25, 0.3) is 0 Å². The van der Waals surface area contributed by atoms with Gasteiger partial charge in [-0.25, -0.2) is 4.98 Å². The maximum absolute atomic E-state index is 5.44. The molecule has 1 aromatic heterocycles. The number of H-pyrrole nitrogens is 1. The van der Waals surface area contributed by atoms with Crippen LogP contribution in [-0.2, 0) is 12.8 Å². The SMILES string of the molecule is COc1ccc2c(c1)C(Cc1c[nH]cn1)C(c1ccccc1)C2. The Morgan fingerprint density at radius 3 is 2.78 bits per heavy atom. The Labute approximate surface area is 136 Å². The van der Waals surface area contributed by atoms with E-state index in [2.05, 4.69) is 58.5 Å². The summed E-state index contributed by atoms with van der Waals surface area (Å²) in [7, 11) is 1.73. The van der Waals surface area contributed by atoms with Gasteiger partial charge < -0.3 is 9.72 Å². The van der Waals surface area contributed by atoms with Gasteiger partial charge in [0, 0.05) is 6.20 Å². The van der Waals surface area contributed by atoms with Crippen LogP contribution >= 0.6 is 0 Å². The highest BCUT2D eigenvalue weighted by Gasteiger charge is 2.34. The van der Waals surface area contributed by atoms with Crippen molar-refractivity contribution < 1.29 is 4.74 Å². The normalized spacial score (nSPS) is 19.5. The third kappa shape index (κ3) is 2.63. The number of nitrogens with one attached hydrogen (secondary N) is 1. The summed E-state index contributed by atoms with van der Waals surface area (Å²) in [4.78, 5) is 7.51. The van der Waals surface area contributed by atoms with Crippen LogP contribution in [0.2, 0.25) is 0 Å². The van der Waals surface area contributed by atoms with E-state index in [1.54, 1.807) is 13.4 Å². The number of imidazole rings is 1. The minimum Gasteiger partial charge on any atom is -0.497 e. The Morgan fingerprint density at radius 1 is 1.17 bits per heavy atom. The molecule has 0 aliphatic heterocycles. The molecule has 0 saturated carbocycles. The van der Waals surface area contributed by atoms with E-state index < -0.39 is 0 Å². The van der Waals surface area contributed by atoms with Crippen LogP contribution in [0.15, 0.2) is 61.1 Å². The van der Waals surface area contributed by atoms with Crippen molar-refractivity contribution >= 4 is 0 Å². The molecular weight excluding hydrogens is 284 g/mol. The summed E-state index contributed by atoms with van der Waals surface area (Å²) in [5.41, 5.74) is 5.36. The van der Waals surface area contributed by atoms with Crippen LogP contribution < -0.4 is 4.74 Å². The topological polar surface area (TPSA) is 37.9 Å². The summed E-state index contributed by atoms with van der Waals surface area (Å²) < 4.78 is 5.44. The average Bonchev–Trinajstić information content (AvgIpc) is 3.24. The number of benzene rings is 2. The van der Waals surface area contributed by atoms with Crippen molar-refractivity contribution in [3.05, 3.63) is 83.4 Å². The lowest BCUT2D eigenvalue weighted by Crippen LogP contribution is -2.09. The number of nitrogens with zero attached hydrogens (tertiary/aromatic N) is 1. The zero-order valence-electron chi connectivity index (χ0n) is 13.2. The molecule has 3 aromatic rings. The number of hydrogen-bond acceptors (Lipinski definition) is 2. The van der Waals surface area contributed by atoms with Crippen LogP contribution in [0.4, 0.5) is 0 Å². The van der Waals surface area contributed by atoms with Gasteiger partial charge in [0.05, 0.1) is 19.1 Å². The first-order valence-electron chi connectivity index (χ1n) is 8.04. The lowest BCUT2D eigenvalue weighted by Gasteiger charge is -2.20. The molecule has 1 heterocycles. The molecule has 2 atom stereocenters. The van der Waals surface area contributed by atoms with E-state index in [0.717, 1.165) is 24.3 Å². The van der Waals surface area contributed by atoms with E-state index in [-0.39, 0.29) is 0 Å².